The molecule has 0 fully saturated rings. The molecule has 1 aromatic carbocycles. The molecular weight excluding hydrogens is 266 g/mol. The van der Waals surface area contributed by atoms with E-state index < -0.39 is 17.5 Å². The number of carbonyl (C=O) groups is 1. The van der Waals surface area contributed by atoms with Crippen LogP contribution in [0.2, 0.25) is 0 Å². The van der Waals surface area contributed by atoms with Crippen molar-refractivity contribution in [2.45, 2.75) is 13.0 Å². The van der Waals surface area contributed by atoms with Gasteiger partial charge in [0.15, 0.2) is 11.6 Å². The number of hydrogen-bond donors (Lipinski definition) is 2. The van der Waals surface area contributed by atoms with Gasteiger partial charge in [-0.05, 0) is 12.1 Å². The van der Waals surface area contributed by atoms with Crippen LogP contribution in [0.25, 0.3) is 0 Å². The van der Waals surface area contributed by atoms with E-state index in [4.69, 9.17) is 5.11 Å². The predicted molar refractivity (Wildman–Crippen MR) is 68.9 cm³/mol. The van der Waals surface area contributed by atoms with Crippen LogP contribution in [0.4, 0.5) is 14.5 Å². The first kappa shape index (κ1) is 14.1. The molecule has 2 aromatic rings. The van der Waals surface area contributed by atoms with E-state index in [0.717, 1.165) is 6.07 Å². The number of halogens is 2. The third-order valence-corrected chi connectivity index (χ3v) is 2.74. The van der Waals surface area contributed by atoms with Gasteiger partial charge in [-0.25, -0.2) is 8.78 Å². The van der Waals surface area contributed by atoms with Gasteiger partial charge in [-0.1, -0.05) is 12.1 Å². The lowest BCUT2D eigenvalue weighted by atomic mass is 10.1. The lowest BCUT2D eigenvalue weighted by molar-refractivity contribution is -0.115. The van der Waals surface area contributed by atoms with E-state index in [1.165, 1.54) is 24.5 Å². The Bertz CT molecular complexity index is 632. The van der Waals surface area contributed by atoms with E-state index in [1.54, 1.807) is 6.07 Å². The summed E-state index contributed by atoms with van der Waals surface area (Å²) in [5.74, 6) is -2.54. The number of carbonyl (C=O) groups excluding carboxylic acids is 1. The van der Waals surface area contributed by atoms with Crippen molar-refractivity contribution < 1.29 is 18.7 Å². The van der Waals surface area contributed by atoms with Crippen LogP contribution >= 0.6 is 0 Å². The fraction of sp³-hybridized carbons (Fsp3) is 0.143. The molecule has 2 rings (SSSR count). The summed E-state index contributed by atoms with van der Waals surface area (Å²) < 4.78 is 26.5. The molecule has 0 aliphatic heterocycles. The quantitative estimate of drug-likeness (QED) is 0.899. The largest absolute Gasteiger partial charge is 0.392 e. The summed E-state index contributed by atoms with van der Waals surface area (Å²) in [6.45, 7) is -0.257. The summed E-state index contributed by atoms with van der Waals surface area (Å²) >= 11 is 0. The maximum Gasteiger partial charge on any atom is 0.228 e. The molecule has 0 aliphatic carbocycles. The van der Waals surface area contributed by atoms with E-state index in [0.29, 0.717) is 11.3 Å². The SMILES string of the molecule is O=C(Cc1cccc(F)c1F)Nc1cnccc1CO. The summed E-state index contributed by atoms with van der Waals surface area (Å²) in [6.07, 6.45) is 2.56. The Hall–Kier alpha value is -2.34. The molecule has 0 spiro atoms. The van der Waals surface area contributed by atoms with Crippen molar-refractivity contribution in [3.63, 3.8) is 0 Å². The van der Waals surface area contributed by atoms with Crippen molar-refractivity contribution in [1.29, 1.82) is 0 Å². The number of aromatic nitrogens is 1. The van der Waals surface area contributed by atoms with Crippen molar-refractivity contribution in [2.75, 3.05) is 5.32 Å². The van der Waals surface area contributed by atoms with Crippen molar-refractivity contribution in [2.24, 2.45) is 0 Å². The molecular formula is C14H12F2N2O2. The lowest BCUT2D eigenvalue weighted by Crippen LogP contribution is -2.16. The molecule has 6 heteroatoms. The Morgan fingerprint density at radius 2 is 2.05 bits per heavy atom. The number of anilines is 1. The van der Waals surface area contributed by atoms with Crippen LogP contribution in [-0.4, -0.2) is 16.0 Å². The molecule has 1 amide bonds. The number of hydrogen-bond acceptors (Lipinski definition) is 3. The average Bonchev–Trinajstić information content (AvgIpc) is 2.44. The Labute approximate surface area is 114 Å². The van der Waals surface area contributed by atoms with Gasteiger partial charge in [0, 0.05) is 17.3 Å². The van der Waals surface area contributed by atoms with Gasteiger partial charge in [-0.2, -0.15) is 0 Å². The molecule has 0 saturated carbocycles. The molecule has 0 atom stereocenters. The molecule has 1 aromatic heterocycles. The third kappa shape index (κ3) is 3.16. The van der Waals surface area contributed by atoms with Gasteiger partial charge >= 0.3 is 0 Å². The standard InChI is InChI=1S/C14H12F2N2O2/c15-11-3-1-2-9(14(11)16)6-13(20)18-12-7-17-5-4-10(12)8-19/h1-5,7,19H,6,8H2,(H,18,20). The molecule has 4 nitrogen and oxygen atoms in total. The fourth-order valence-corrected chi connectivity index (χ4v) is 1.73. The van der Waals surface area contributed by atoms with E-state index in [9.17, 15) is 13.6 Å². The molecule has 104 valence electrons. The number of aliphatic hydroxyl groups is 1. The number of amides is 1. The monoisotopic (exact) mass is 278 g/mol. The highest BCUT2D eigenvalue weighted by Gasteiger charge is 2.12. The maximum absolute atomic E-state index is 13.4. The minimum atomic E-state index is -1.03. The Balaban J connectivity index is 2.11. The summed E-state index contributed by atoms with van der Waals surface area (Å²) in [5.41, 5.74) is 0.807. The number of pyridine rings is 1. The minimum Gasteiger partial charge on any atom is -0.392 e. The van der Waals surface area contributed by atoms with Gasteiger partial charge in [0.05, 0.1) is 24.9 Å². The average molecular weight is 278 g/mol. The predicted octanol–water partition coefficient (Wildman–Crippen LogP) is 2.03. The number of aliphatic hydroxyl groups excluding tert-OH is 1. The number of nitrogens with one attached hydrogen (secondary N) is 1. The zero-order valence-electron chi connectivity index (χ0n) is 10.4. The Kier molecular flexibility index (Phi) is 4.37. The second-order valence-corrected chi connectivity index (χ2v) is 4.13. The molecule has 0 unspecified atom stereocenters. The number of nitrogens with zero attached hydrogens (tertiary/aromatic N) is 1. The van der Waals surface area contributed by atoms with Gasteiger partial charge in [0.25, 0.3) is 0 Å². The smallest absolute Gasteiger partial charge is 0.228 e. The van der Waals surface area contributed by atoms with Gasteiger partial charge in [-0.15, -0.1) is 0 Å². The van der Waals surface area contributed by atoms with Crippen LogP contribution < -0.4 is 5.32 Å². The maximum atomic E-state index is 13.4. The highest BCUT2D eigenvalue weighted by Crippen LogP contribution is 2.15. The van der Waals surface area contributed by atoms with Crippen LogP contribution in [0.1, 0.15) is 11.1 Å². The molecule has 0 aliphatic rings. The summed E-state index contributed by atoms with van der Waals surface area (Å²) in [6, 6.07) is 5.22. The van der Waals surface area contributed by atoms with Crippen LogP contribution in [-0.2, 0) is 17.8 Å². The van der Waals surface area contributed by atoms with Crippen LogP contribution in [0, 0.1) is 11.6 Å². The van der Waals surface area contributed by atoms with Gasteiger partial charge in [0.2, 0.25) is 5.91 Å². The zero-order chi connectivity index (χ0) is 14.5. The molecule has 1 heterocycles. The highest BCUT2D eigenvalue weighted by atomic mass is 19.2. The summed E-state index contributed by atoms with van der Waals surface area (Å²) in [4.78, 5) is 15.6. The zero-order valence-corrected chi connectivity index (χ0v) is 10.4. The van der Waals surface area contributed by atoms with Crippen LogP contribution in [0.5, 0.6) is 0 Å². The van der Waals surface area contributed by atoms with Gasteiger partial charge in [0.1, 0.15) is 0 Å². The number of rotatable bonds is 4. The molecule has 0 radical (unpaired) electrons. The summed E-state index contributed by atoms with van der Waals surface area (Å²) in [7, 11) is 0. The first-order valence-corrected chi connectivity index (χ1v) is 5.88. The van der Waals surface area contributed by atoms with Crippen molar-refractivity contribution in [1.82, 2.24) is 4.98 Å². The molecule has 0 bridgehead atoms. The van der Waals surface area contributed by atoms with Gasteiger partial charge in [-0.3, -0.25) is 9.78 Å². The molecule has 20 heavy (non-hydrogen) atoms. The Morgan fingerprint density at radius 1 is 1.25 bits per heavy atom. The second kappa shape index (κ2) is 6.21. The second-order valence-electron chi connectivity index (χ2n) is 4.13. The first-order chi connectivity index (χ1) is 9.61. The Morgan fingerprint density at radius 3 is 2.80 bits per heavy atom. The van der Waals surface area contributed by atoms with Crippen LogP contribution in [0.15, 0.2) is 36.7 Å². The van der Waals surface area contributed by atoms with E-state index in [1.807, 2.05) is 0 Å². The van der Waals surface area contributed by atoms with Crippen molar-refractivity contribution >= 4 is 11.6 Å². The topological polar surface area (TPSA) is 62.2 Å². The molecule has 0 saturated heterocycles. The lowest BCUT2D eigenvalue weighted by Gasteiger charge is -2.09. The third-order valence-electron chi connectivity index (χ3n) is 2.74. The van der Waals surface area contributed by atoms with Crippen LogP contribution in [0.3, 0.4) is 0 Å². The normalized spacial score (nSPS) is 10.3. The van der Waals surface area contributed by atoms with E-state index in [2.05, 4.69) is 10.3 Å². The molecule has 2 N–H and O–H groups in total. The van der Waals surface area contributed by atoms with Crippen molar-refractivity contribution in [3.8, 4) is 0 Å². The minimum absolute atomic E-state index is 0.0306. The number of benzene rings is 1. The van der Waals surface area contributed by atoms with E-state index >= 15 is 0 Å². The summed E-state index contributed by atoms with van der Waals surface area (Å²) in [5, 5.41) is 11.6. The first-order valence-electron chi connectivity index (χ1n) is 5.88. The van der Waals surface area contributed by atoms with Crippen molar-refractivity contribution in [3.05, 3.63) is 59.4 Å². The van der Waals surface area contributed by atoms with E-state index in [-0.39, 0.29) is 18.6 Å². The fourth-order valence-electron chi connectivity index (χ4n) is 1.73. The highest BCUT2D eigenvalue weighted by molar-refractivity contribution is 5.92. The van der Waals surface area contributed by atoms with Gasteiger partial charge < -0.3 is 10.4 Å².